The van der Waals surface area contributed by atoms with Crippen LogP contribution in [0.1, 0.15) is 66.8 Å². The van der Waals surface area contributed by atoms with Gasteiger partial charge in [-0.25, -0.2) is 0 Å². The van der Waals surface area contributed by atoms with Gasteiger partial charge in [-0.3, -0.25) is 14.3 Å². The normalized spacial score (nSPS) is 23.5. The van der Waals surface area contributed by atoms with Crippen molar-refractivity contribution < 1.29 is 9.59 Å². The lowest BCUT2D eigenvalue weighted by Crippen LogP contribution is -2.37. The predicted octanol–water partition coefficient (Wildman–Crippen LogP) is 3.42. The molecule has 0 bridgehead atoms. The average Bonchev–Trinajstić information content (AvgIpc) is 3.65. The number of amides is 2. The van der Waals surface area contributed by atoms with E-state index in [0.29, 0.717) is 17.5 Å². The van der Waals surface area contributed by atoms with Gasteiger partial charge in [-0.2, -0.15) is 5.10 Å². The van der Waals surface area contributed by atoms with Crippen molar-refractivity contribution >= 4 is 11.8 Å². The number of rotatable bonds is 8. The lowest BCUT2D eigenvalue weighted by Gasteiger charge is -2.25. The fraction of sp³-hybridized carbons (Fsp3) is 0.607. The monoisotopic (exact) mass is 477 g/mol. The molecule has 3 atom stereocenters. The van der Waals surface area contributed by atoms with Crippen LogP contribution in [0.5, 0.6) is 0 Å². The van der Waals surface area contributed by atoms with Gasteiger partial charge in [0, 0.05) is 45.7 Å². The summed E-state index contributed by atoms with van der Waals surface area (Å²) in [5.74, 6) is 1.58. The van der Waals surface area contributed by atoms with E-state index < -0.39 is 0 Å². The number of aryl methyl sites for hydroxylation is 2. The molecule has 3 fully saturated rings. The molecule has 2 aromatic rings. The van der Waals surface area contributed by atoms with E-state index in [1.54, 1.807) is 4.68 Å². The van der Waals surface area contributed by atoms with Crippen LogP contribution in [-0.4, -0.2) is 64.1 Å². The van der Waals surface area contributed by atoms with E-state index in [-0.39, 0.29) is 23.8 Å². The van der Waals surface area contributed by atoms with Crippen LogP contribution in [0.3, 0.4) is 0 Å². The second-order valence-corrected chi connectivity index (χ2v) is 10.7. The van der Waals surface area contributed by atoms with E-state index in [1.807, 2.05) is 24.1 Å². The third-order valence-electron chi connectivity index (χ3n) is 8.34. The number of likely N-dealkylation sites (tertiary alicyclic amines) is 2. The minimum Gasteiger partial charge on any atom is -0.349 e. The van der Waals surface area contributed by atoms with Crippen molar-refractivity contribution in [2.24, 2.45) is 24.8 Å². The smallest absolute Gasteiger partial charge is 0.272 e. The summed E-state index contributed by atoms with van der Waals surface area (Å²) in [6.07, 6.45) is 6.15. The van der Waals surface area contributed by atoms with Crippen LogP contribution in [0, 0.1) is 17.8 Å². The van der Waals surface area contributed by atoms with Crippen molar-refractivity contribution in [2.75, 3.05) is 32.7 Å². The quantitative estimate of drug-likeness (QED) is 0.633. The highest BCUT2D eigenvalue weighted by Crippen LogP contribution is 2.33. The highest BCUT2D eigenvalue weighted by atomic mass is 16.2. The average molecular weight is 478 g/mol. The Kier molecular flexibility index (Phi) is 7.23. The summed E-state index contributed by atoms with van der Waals surface area (Å²) in [6.45, 7) is 6.73. The molecule has 1 aromatic carbocycles. The molecule has 7 nitrogen and oxygen atoms in total. The third-order valence-corrected chi connectivity index (χ3v) is 8.34. The van der Waals surface area contributed by atoms with E-state index in [2.05, 4.69) is 46.5 Å². The number of hydrogen-bond acceptors (Lipinski definition) is 4. The van der Waals surface area contributed by atoms with E-state index in [4.69, 9.17) is 0 Å². The summed E-state index contributed by atoms with van der Waals surface area (Å²) in [7, 11) is 1.86. The Bertz CT molecular complexity index is 1020. The highest BCUT2D eigenvalue weighted by molar-refractivity contribution is 5.93. The van der Waals surface area contributed by atoms with Gasteiger partial charge < -0.3 is 15.1 Å². The van der Waals surface area contributed by atoms with Gasteiger partial charge in [-0.15, -0.1) is 0 Å². The Morgan fingerprint density at radius 2 is 1.74 bits per heavy atom. The number of hydrogen-bond donors (Lipinski definition) is 1. The molecule has 35 heavy (non-hydrogen) atoms. The van der Waals surface area contributed by atoms with Gasteiger partial charge in [0.25, 0.3) is 5.91 Å². The van der Waals surface area contributed by atoms with Gasteiger partial charge in [0.2, 0.25) is 5.91 Å². The van der Waals surface area contributed by atoms with Crippen molar-refractivity contribution in [1.82, 2.24) is 24.9 Å². The first-order chi connectivity index (χ1) is 17.0. The number of fused-ring (bicyclic) bond motifs is 1. The standard InChI is InChI=1S/C28H39N5O2/c1-3-24-15-26(31(2)30-24)28(35)33-18-22-16-32(17-23(22)19-33)14-13-25(20-9-5-4-6-10-20)29-27(34)21-11-7-8-12-21/h4-6,9-10,15,21-23,25H,3,7-8,11-14,16-19H2,1-2H3,(H,29,34)/t22-,23?,25?/m0/s1. The van der Waals surface area contributed by atoms with E-state index in [9.17, 15) is 9.59 Å². The number of benzene rings is 1. The molecule has 0 radical (unpaired) electrons. The van der Waals surface area contributed by atoms with Gasteiger partial charge in [0.15, 0.2) is 0 Å². The lowest BCUT2D eigenvalue weighted by atomic mass is 10.0. The van der Waals surface area contributed by atoms with E-state index >= 15 is 0 Å². The maximum Gasteiger partial charge on any atom is 0.272 e. The van der Waals surface area contributed by atoms with Crippen LogP contribution >= 0.6 is 0 Å². The molecule has 1 saturated carbocycles. The highest BCUT2D eigenvalue weighted by Gasteiger charge is 2.42. The van der Waals surface area contributed by atoms with Crippen molar-refractivity contribution in [3.63, 3.8) is 0 Å². The maximum absolute atomic E-state index is 13.1. The Balaban J connectivity index is 1.15. The van der Waals surface area contributed by atoms with Gasteiger partial charge in [0.1, 0.15) is 5.69 Å². The first-order valence-corrected chi connectivity index (χ1v) is 13.4. The number of aromatic nitrogens is 2. The van der Waals surface area contributed by atoms with Gasteiger partial charge in [0.05, 0.1) is 11.7 Å². The van der Waals surface area contributed by atoms with Gasteiger partial charge >= 0.3 is 0 Å². The Morgan fingerprint density at radius 1 is 1.06 bits per heavy atom. The lowest BCUT2D eigenvalue weighted by molar-refractivity contribution is -0.125. The molecule has 3 heterocycles. The zero-order valence-corrected chi connectivity index (χ0v) is 21.2. The maximum atomic E-state index is 13.1. The fourth-order valence-electron chi connectivity index (χ4n) is 6.30. The van der Waals surface area contributed by atoms with Crippen LogP contribution in [0.15, 0.2) is 36.4 Å². The molecule has 0 spiro atoms. The van der Waals surface area contributed by atoms with Crippen molar-refractivity contribution in [3.8, 4) is 0 Å². The summed E-state index contributed by atoms with van der Waals surface area (Å²) < 4.78 is 1.73. The molecule has 1 N–H and O–H groups in total. The molecule has 7 heteroatoms. The largest absolute Gasteiger partial charge is 0.349 e. The van der Waals surface area contributed by atoms with Crippen LogP contribution in [0.2, 0.25) is 0 Å². The first-order valence-electron chi connectivity index (χ1n) is 13.4. The molecule has 5 rings (SSSR count). The van der Waals surface area contributed by atoms with E-state index in [1.165, 1.54) is 18.4 Å². The summed E-state index contributed by atoms with van der Waals surface area (Å²) in [5.41, 5.74) is 2.86. The molecule has 2 amide bonds. The summed E-state index contributed by atoms with van der Waals surface area (Å²) >= 11 is 0. The third kappa shape index (κ3) is 5.30. The Hall–Kier alpha value is -2.67. The summed E-state index contributed by atoms with van der Waals surface area (Å²) in [4.78, 5) is 30.5. The molecule has 2 aliphatic heterocycles. The molecule has 1 aromatic heterocycles. The number of nitrogens with zero attached hydrogens (tertiary/aromatic N) is 4. The first kappa shape index (κ1) is 24.0. The Labute approximate surface area is 208 Å². The molecule has 2 unspecified atom stereocenters. The molecule has 188 valence electrons. The molecule has 3 aliphatic rings. The van der Waals surface area contributed by atoms with Crippen LogP contribution in [0.25, 0.3) is 0 Å². The second-order valence-electron chi connectivity index (χ2n) is 10.7. The number of nitrogens with one attached hydrogen (secondary N) is 1. The zero-order valence-electron chi connectivity index (χ0n) is 21.2. The van der Waals surface area contributed by atoms with Crippen molar-refractivity contribution in [3.05, 3.63) is 53.3 Å². The zero-order chi connectivity index (χ0) is 24.4. The molecule has 2 saturated heterocycles. The van der Waals surface area contributed by atoms with Gasteiger partial charge in [-0.1, -0.05) is 50.1 Å². The van der Waals surface area contributed by atoms with Gasteiger partial charge in [-0.05, 0) is 49.1 Å². The van der Waals surface area contributed by atoms with E-state index in [0.717, 1.165) is 64.1 Å². The van der Waals surface area contributed by atoms with Crippen LogP contribution in [0.4, 0.5) is 0 Å². The number of carbonyl (C=O) groups excluding carboxylic acids is 2. The fourth-order valence-corrected chi connectivity index (χ4v) is 6.30. The van der Waals surface area contributed by atoms with Crippen molar-refractivity contribution in [2.45, 2.75) is 51.5 Å². The molecular weight excluding hydrogens is 438 g/mol. The summed E-state index contributed by atoms with van der Waals surface area (Å²) in [6, 6.07) is 12.4. The van der Waals surface area contributed by atoms with Crippen molar-refractivity contribution in [1.29, 1.82) is 0 Å². The predicted molar refractivity (Wildman–Crippen MR) is 136 cm³/mol. The Morgan fingerprint density at radius 3 is 2.37 bits per heavy atom. The van der Waals surface area contributed by atoms with Crippen LogP contribution < -0.4 is 5.32 Å². The molecule has 1 aliphatic carbocycles. The minimum atomic E-state index is 0.0559. The summed E-state index contributed by atoms with van der Waals surface area (Å²) in [5, 5.41) is 7.82. The van der Waals surface area contributed by atoms with Crippen LogP contribution in [-0.2, 0) is 18.3 Å². The topological polar surface area (TPSA) is 70.5 Å². The number of carbonyl (C=O) groups is 2. The second kappa shape index (κ2) is 10.5. The SMILES string of the molecule is CCc1cc(C(=O)N2CC3CN(CCC(NC(=O)C4CCCC4)c4ccccc4)C[C@H]3C2)n(C)n1. The molecular formula is C28H39N5O2. The minimum absolute atomic E-state index is 0.0559.